The maximum Gasteiger partial charge on any atom is 0.335 e. The highest BCUT2D eigenvalue weighted by atomic mass is 36.0. The highest BCUT2D eigenvalue weighted by molar-refractivity contribution is 8.26. The molecule has 2 atom stereocenters. The van der Waals surface area contributed by atoms with Crippen LogP contribution >= 0.6 is 33.0 Å². The average molecular weight is 880 g/mol. The number of carboxylic acid groups (broad SMARTS) is 1. The lowest BCUT2D eigenvalue weighted by atomic mass is 10.00. The van der Waals surface area contributed by atoms with Gasteiger partial charge in [0.2, 0.25) is 9.23 Å². The fraction of sp³-hybridized carbons (Fsp3) is 0.475. The number of benzene rings is 3. The number of anilines is 3. The Balaban J connectivity index is 0. The molecule has 0 spiro atoms. The first-order valence-electron chi connectivity index (χ1n) is 17.7. The number of hydrogen-bond acceptors (Lipinski definition) is 12. The van der Waals surface area contributed by atoms with E-state index in [4.69, 9.17) is 45.6 Å². The molecule has 0 amide bonds. The van der Waals surface area contributed by atoms with Gasteiger partial charge in [-0.05, 0) is 97.2 Å². The van der Waals surface area contributed by atoms with Gasteiger partial charge in [0.1, 0.15) is 0 Å². The number of halogens is 3. The zero-order valence-corrected chi connectivity index (χ0v) is 37.8. The number of methoxy groups -OCH3 is 2. The molecule has 17 heteroatoms. The maximum atomic E-state index is 12.1. The van der Waals surface area contributed by atoms with Crippen molar-refractivity contribution in [2.24, 2.45) is 11.7 Å². The Bertz CT molecular complexity index is 1470. The average Bonchev–Trinajstić information content (AvgIpc) is 3.15. The highest BCUT2D eigenvalue weighted by Crippen LogP contribution is 2.16. The molecule has 0 aromatic heterocycles. The van der Waals surface area contributed by atoms with Gasteiger partial charge >= 0.3 is 5.97 Å². The molecule has 0 aliphatic heterocycles. The van der Waals surface area contributed by atoms with E-state index in [2.05, 4.69) is 21.4 Å². The summed E-state index contributed by atoms with van der Waals surface area (Å²) < 4.78 is 29.3. The van der Waals surface area contributed by atoms with Gasteiger partial charge in [-0.2, -0.15) is 0 Å². The van der Waals surface area contributed by atoms with Crippen molar-refractivity contribution < 1.29 is 42.6 Å². The summed E-state index contributed by atoms with van der Waals surface area (Å²) in [5.41, 5.74) is 10.2. The lowest BCUT2D eigenvalue weighted by molar-refractivity contribution is 0.0515. The first-order valence-corrected chi connectivity index (χ1v) is 20.9. The number of nitrogens with zero attached hydrogens (tertiary/aromatic N) is 3. The smallest absolute Gasteiger partial charge is 0.335 e. The second kappa shape index (κ2) is 33.6. The monoisotopic (exact) mass is 878 g/mol. The number of rotatable bonds is 18. The van der Waals surface area contributed by atoms with Crippen molar-refractivity contribution in [1.82, 2.24) is 0 Å². The Morgan fingerprint density at radius 3 is 1.28 bits per heavy atom. The van der Waals surface area contributed by atoms with Crippen LogP contribution in [0.2, 0.25) is 0 Å². The van der Waals surface area contributed by atoms with Crippen LogP contribution in [-0.4, -0.2) is 128 Å². The fourth-order valence-corrected chi connectivity index (χ4v) is 4.20. The molecule has 3 aromatic carbocycles. The molecule has 2 unspecified atom stereocenters. The van der Waals surface area contributed by atoms with Crippen molar-refractivity contribution in [2.45, 2.75) is 26.3 Å². The van der Waals surface area contributed by atoms with Gasteiger partial charge < -0.3 is 44.5 Å². The van der Waals surface area contributed by atoms with E-state index < -0.39 is 20.4 Å². The van der Waals surface area contributed by atoms with Crippen molar-refractivity contribution in [3.8, 4) is 0 Å². The van der Waals surface area contributed by atoms with E-state index in [0.29, 0.717) is 57.2 Å². The number of ketones is 1. The van der Waals surface area contributed by atoms with Crippen molar-refractivity contribution in [3.63, 3.8) is 0 Å². The predicted octanol–water partition coefficient (Wildman–Crippen LogP) is 7.25. The molecule has 0 heterocycles. The molecule has 3 aromatic rings. The minimum absolute atomic E-state index is 0.127. The van der Waals surface area contributed by atoms with Crippen molar-refractivity contribution in [2.75, 3.05) is 111 Å². The van der Waals surface area contributed by atoms with E-state index in [1.165, 1.54) is 0 Å². The molecule has 3 rings (SSSR count). The Labute approximate surface area is 355 Å². The summed E-state index contributed by atoms with van der Waals surface area (Å²) >= 11 is 5.28. The normalized spacial score (nSPS) is 11.1. The van der Waals surface area contributed by atoms with E-state index >= 15 is 0 Å². The maximum absolute atomic E-state index is 12.1. The molecule has 322 valence electrons. The lowest BCUT2D eigenvalue weighted by Gasteiger charge is -2.13. The molecule has 13 nitrogen and oxygen atoms in total. The molecule has 0 aliphatic rings. The number of hydrogen-bond donors (Lipinski definition) is 2. The zero-order valence-electron chi connectivity index (χ0n) is 34.7. The van der Waals surface area contributed by atoms with E-state index in [-0.39, 0.29) is 17.7 Å². The Kier molecular flexibility index (Phi) is 32.9. The SMILES string of the molecule is CN(C)c1ccc(C(=O)Cl)cc1.CN(C)c1ccc(C(=O)O)cc1.COCCOCC(C)CC(=O)c1ccc(N(C)C)cc1.COCCOCC(C)N.O=S(Cl)Cl. The van der Waals surface area contributed by atoms with Crippen LogP contribution in [0.3, 0.4) is 0 Å². The van der Waals surface area contributed by atoms with Crippen LogP contribution in [0.25, 0.3) is 0 Å². The minimum atomic E-state index is -1.67. The number of Topliss-reactive ketones (excluding diaryl/α,β-unsaturated/α-hetero) is 1. The summed E-state index contributed by atoms with van der Waals surface area (Å²) in [6, 6.07) is 21.7. The van der Waals surface area contributed by atoms with E-state index in [0.717, 1.165) is 22.6 Å². The third-order valence-corrected chi connectivity index (χ3v) is 7.35. The summed E-state index contributed by atoms with van der Waals surface area (Å²) in [7, 11) is 22.3. The number of nitrogens with two attached hydrogens (primary N) is 1. The van der Waals surface area contributed by atoms with Crippen LogP contribution in [0.1, 0.15) is 51.3 Å². The number of carbonyl (C=O) groups is 3. The first-order chi connectivity index (χ1) is 26.8. The van der Waals surface area contributed by atoms with Crippen molar-refractivity contribution in [1.29, 1.82) is 0 Å². The van der Waals surface area contributed by atoms with Crippen LogP contribution in [0.15, 0.2) is 72.8 Å². The van der Waals surface area contributed by atoms with Gasteiger partial charge in [-0.1, -0.05) is 6.92 Å². The molecule has 0 fully saturated rings. The molecule has 3 N–H and O–H groups in total. The highest BCUT2D eigenvalue weighted by Gasteiger charge is 2.12. The van der Waals surface area contributed by atoms with Gasteiger partial charge in [0.25, 0.3) is 5.24 Å². The number of aromatic carboxylic acids is 1. The van der Waals surface area contributed by atoms with Crippen LogP contribution in [0.4, 0.5) is 17.1 Å². The van der Waals surface area contributed by atoms with Crippen LogP contribution in [0, 0.1) is 5.92 Å². The van der Waals surface area contributed by atoms with E-state index in [1.54, 1.807) is 50.6 Å². The standard InChI is InChI=1S/C16H25NO3.C9H10ClNO.C9H11NO2.C6H15NO2.Cl2OS/c1-13(12-20-10-9-19-4)11-16(18)14-5-7-15(8-6-14)17(2)3;1-11(2)8-5-3-7(4-6-8)9(10)12;1-10(2)8-5-3-7(4-6-8)9(11)12;1-6(7)5-9-4-3-8-2;1-4(2)3/h5-8,13H,9-12H2,1-4H3;3-6H,1-2H3;3-6H,1-2H3,(H,11,12);6H,3-5,7H2,1-2H3;. The third-order valence-electron chi connectivity index (χ3n) is 7.13. The lowest BCUT2D eigenvalue weighted by Crippen LogP contribution is -2.22. The second-order valence-electron chi connectivity index (χ2n) is 12.9. The molecular formula is C40H61Cl3N4O9S. The predicted molar refractivity (Wildman–Crippen MR) is 236 cm³/mol. The van der Waals surface area contributed by atoms with Gasteiger partial charge in [-0.3, -0.25) is 9.59 Å². The molecule has 0 radical (unpaired) electrons. The Morgan fingerprint density at radius 2 is 0.982 bits per heavy atom. The van der Waals surface area contributed by atoms with E-state index in [1.807, 2.05) is 107 Å². The summed E-state index contributed by atoms with van der Waals surface area (Å²) in [5.74, 6) is -0.508. The van der Waals surface area contributed by atoms with Gasteiger partial charge in [0.15, 0.2) is 5.78 Å². The largest absolute Gasteiger partial charge is 0.478 e. The molecule has 0 bridgehead atoms. The molecule has 0 saturated heterocycles. The quantitative estimate of drug-likeness (QED) is 0.0748. The molecule has 0 aliphatic carbocycles. The summed E-state index contributed by atoms with van der Waals surface area (Å²) in [5, 5.41) is 8.18. The molecular weight excluding hydrogens is 819 g/mol. The molecule has 0 saturated carbocycles. The topological polar surface area (TPSA) is 161 Å². The molecule has 57 heavy (non-hydrogen) atoms. The van der Waals surface area contributed by atoms with Gasteiger partial charge in [-0.25, -0.2) is 9.00 Å². The first kappa shape index (κ1) is 55.8. The van der Waals surface area contributed by atoms with Gasteiger partial charge in [-0.15, -0.1) is 0 Å². The van der Waals surface area contributed by atoms with Crippen LogP contribution < -0.4 is 20.4 Å². The second-order valence-corrected chi connectivity index (χ2v) is 15.8. The van der Waals surface area contributed by atoms with Crippen LogP contribution in [-0.2, 0) is 28.2 Å². The third kappa shape index (κ3) is 30.4. The fourth-order valence-electron chi connectivity index (χ4n) is 4.07. The summed E-state index contributed by atoms with van der Waals surface area (Å²) in [6.07, 6.45) is 0.508. The van der Waals surface area contributed by atoms with Crippen molar-refractivity contribution in [3.05, 3.63) is 89.5 Å². The minimum Gasteiger partial charge on any atom is -0.478 e. The number of carbonyl (C=O) groups excluding carboxylic acids is 2. The summed E-state index contributed by atoms with van der Waals surface area (Å²) in [4.78, 5) is 39.2. The summed E-state index contributed by atoms with van der Waals surface area (Å²) in [6.45, 7) is 7.59. The number of carboxylic acids is 1. The number of ether oxygens (including phenoxy) is 4. The Hall–Kier alpha value is -3.31. The Morgan fingerprint density at radius 1 is 0.649 bits per heavy atom. The van der Waals surface area contributed by atoms with Crippen molar-refractivity contribution >= 4 is 76.2 Å². The van der Waals surface area contributed by atoms with E-state index in [9.17, 15) is 14.4 Å². The van der Waals surface area contributed by atoms with Gasteiger partial charge in [0.05, 0.1) is 38.6 Å². The van der Waals surface area contributed by atoms with Crippen LogP contribution in [0.5, 0.6) is 0 Å². The zero-order chi connectivity index (χ0) is 43.9. The van der Waals surface area contributed by atoms with Gasteiger partial charge in [0, 0.05) is 125 Å².